The second kappa shape index (κ2) is 11.3. The number of hydrogen-bond acceptors (Lipinski definition) is 9. The first-order chi connectivity index (χ1) is 20.9. The van der Waals surface area contributed by atoms with Gasteiger partial charge in [-0.2, -0.15) is 0 Å². The molecule has 2 aromatic carbocycles. The van der Waals surface area contributed by atoms with Gasteiger partial charge in [-0.3, -0.25) is 9.59 Å². The largest absolute Gasteiger partial charge is 0.491 e. The molecule has 5 N–H and O–H groups in total. The van der Waals surface area contributed by atoms with E-state index in [-0.39, 0.29) is 22.9 Å². The summed E-state index contributed by atoms with van der Waals surface area (Å²) in [6.07, 6.45) is 4.26. The summed E-state index contributed by atoms with van der Waals surface area (Å²) in [5.74, 6) is -0.281. The molecule has 0 fully saturated rings. The van der Waals surface area contributed by atoms with Gasteiger partial charge in [0, 0.05) is 41.3 Å². The first kappa shape index (κ1) is 27.4. The van der Waals surface area contributed by atoms with E-state index in [0.29, 0.717) is 64.7 Å². The zero-order valence-corrected chi connectivity index (χ0v) is 23.4. The van der Waals surface area contributed by atoms with Gasteiger partial charge in [-0.05, 0) is 48.9 Å². The van der Waals surface area contributed by atoms with E-state index in [1.54, 1.807) is 42.6 Å². The highest BCUT2D eigenvalue weighted by Crippen LogP contribution is 2.39. The number of ether oxygens (including phenoxy) is 2. The monoisotopic (exact) mass is 580 g/mol. The molecule has 218 valence electrons. The van der Waals surface area contributed by atoms with Crippen LogP contribution in [0.15, 0.2) is 54.9 Å². The van der Waals surface area contributed by atoms with Gasteiger partial charge in [0.05, 0.1) is 30.3 Å². The molecule has 0 radical (unpaired) electrons. The summed E-state index contributed by atoms with van der Waals surface area (Å²) < 4.78 is 13.0. The van der Waals surface area contributed by atoms with Crippen molar-refractivity contribution in [3.8, 4) is 28.3 Å². The fraction of sp³-hybridized carbons (Fsp3) is 0.200. The highest BCUT2D eigenvalue weighted by Gasteiger charge is 2.27. The van der Waals surface area contributed by atoms with Crippen LogP contribution in [0.5, 0.6) is 5.75 Å². The van der Waals surface area contributed by atoms with Crippen LogP contribution in [-0.2, 0) is 11.3 Å². The van der Waals surface area contributed by atoms with Gasteiger partial charge in [0.25, 0.3) is 11.8 Å². The predicted molar refractivity (Wildman–Crippen MR) is 159 cm³/mol. The molecule has 2 amide bonds. The number of aromatic amines is 1. The molecule has 0 atom stereocenters. The van der Waals surface area contributed by atoms with Crippen LogP contribution in [0.1, 0.15) is 44.7 Å². The number of carbonyl (C=O) groups excluding carboxylic acids is 3. The fourth-order valence-corrected chi connectivity index (χ4v) is 4.96. The van der Waals surface area contributed by atoms with Crippen LogP contribution in [0, 0.1) is 0 Å². The summed E-state index contributed by atoms with van der Waals surface area (Å²) in [6, 6.07) is 11.6. The lowest BCUT2D eigenvalue weighted by Crippen LogP contribution is -2.26. The number of nitrogen functional groups attached to an aromatic ring is 1. The van der Waals surface area contributed by atoms with E-state index in [9.17, 15) is 14.4 Å². The molecule has 0 saturated carbocycles. The predicted octanol–water partition coefficient (Wildman–Crippen LogP) is 3.64. The Morgan fingerprint density at radius 1 is 1.07 bits per heavy atom. The van der Waals surface area contributed by atoms with Gasteiger partial charge in [-0.1, -0.05) is 6.92 Å². The maximum Gasteiger partial charge on any atom is 0.357 e. The molecule has 13 heteroatoms. The number of imidazole rings is 2. The minimum Gasteiger partial charge on any atom is -0.491 e. The highest BCUT2D eigenvalue weighted by atomic mass is 16.5. The first-order valence-electron chi connectivity index (χ1n) is 13.6. The van der Waals surface area contributed by atoms with Crippen molar-refractivity contribution in [1.29, 1.82) is 0 Å². The summed E-state index contributed by atoms with van der Waals surface area (Å²) in [5.41, 5.74) is 8.99. The van der Waals surface area contributed by atoms with Crippen LogP contribution < -0.4 is 21.1 Å². The van der Waals surface area contributed by atoms with Gasteiger partial charge in [-0.15, -0.1) is 0 Å². The molecule has 0 spiro atoms. The zero-order valence-electron chi connectivity index (χ0n) is 23.4. The van der Waals surface area contributed by atoms with Crippen molar-refractivity contribution in [2.75, 3.05) is 31.3 Å². The summed E-state index contributed by atoms with van der Waals surface area (Å²) in [7, 11) is 1.23. The zero-order chi connectivity index (χ0) is 30.1. The number of nitrogens with two attached hydrogens (primary N) is 1. The average Bonchev–Trinajstić information content (AvgIpc) is 3.59. The first-order valence-corrected chi connectivity index (χ1v) is 13.6. The highest BCUT2D eigenvalue weighted by molar-refractivity contribution is 6.12. The van der Waals surface area contributed by atoms with Gasteiger partial charge in [0.2, 0.25) is 0 Å². The van der Waals surface area contributed by atoms with Crippen LogP contribution in [-0.4, -0.2) is 62.5 Å². The maximum atomic E-state index is 14.0. The van der Waals surface area contributed by atoms with E-state index in [4.69, 9.17) is 15.2 Å². The van der Waals surface area contributed by atoms with Crippen molar-refractivity contribution < 1.29 is 23.9 Å². The van der Waals surface area contributed by atoms with Gasteiger partial charge >= 0.3 is 5.97 Å². The molecule has 1 aliphatic rings. The molecular weight excluding hydrogens is 552 g/mol. The van der Waals surface area contributed by atoms with Crippen molar-refractivity contribution >= 4 is 40.5 Å². The number of hydrogen-bond donors (Lipinski definition) is 4. The molecule has 0 saturated heterocycles. The Labute approximate surface area is 245 Å². The molecule has 0 bridgehead atoms. The van der Waals surface area contributed by atoms with Crippen LogP contribution in [0.2, 0.25) is 0 Å². The van der Waals surface area contributed by atoms with Crippen LogP contribution in [0.25, 0.3) is 33.5 Å². The Kier molecular flexibility index (Phi) is 7.20. The van der Waals surface area contributed by atoms with E-state index in [0.717, 1.165) is 6.42 Å². The Bertz CT molecular complexity index is 1890. The molecule has 4 heterocycles. The van der Waals surface area contributed by atoms with Gasteiger partial charge < -0.3 is 35.4 Å². The Morgan fingerprint density at radius 3 is 2.74 bits per heavy atom. The third-order valence-electron chi connectivity index (χ3n) is 7.00. The lowest BCUT2D eigenvalue weighted by Gasteiger charge is -2.17. The number of carbonyl (C=O) groups is 3. The number of fused-ring (bicyclic) bond motifs is 4. The number of nitrogens with zero attached hydrogens (tertiary/aromatic N) is 4. The van der Waals surface area contributed by atoms with E-state index >= 15 is 0 Å². The normalized spacial score (nSPS) is 12.0. The number of amides is 2. The molecule has 0 aliphatic carbocycles. The summed E-state index contributed by atoms with van der Waals surface area (Å²) in [4.78, 5) is 55.6. The van der Waals surface area contributed by atoms with Gasteiger partial charge in [0.1, 0.15) is 23.9 Å². The van der Waals surface area contributed by atoms with Gasteiger partial charge in [0.15, 0.2) is 11.6 Å². The standard InChI is InChI=1S/C30H28N8O5/c1-3-8-33-28(40)22-7-5-17(25(35-22)29(41)42-2)18-15-24-20(26-32-9-10-38(26)11-12-43-24)14-19(18)27(39)34-16-4-6-21-23(13-16)37-30(31)36-21/h4-7,9-10,13-15H,3,8,11-12H2,1-2H3,(H,33,40)(H,34,39)(H3,31,36,37). The molecular formula is C30H28N8O5. The van der Waals surface area contributed by atoms with Crippen LogP contribution >= 0.6 is 0 Å². The molecule has 43 heavy (non-hydrogen) atoms. The second-order valence-corrected chi connectivity index (χ2v) is 9.83. The maximum absolute atomic E-state index is 14.0. The molecule has 13 nitrogen and oxygen atoms in total. The van der Waals surface area contributed by atoms with Crippen LogP contribution in [0.4, 0.5) is 11.6 Å². The Hall–Kier alpha value is -5.72. The van der Waals surface area contributed by atoms with Crippen molar-refractivity contribution in [2.45, 2.75) is 19.9 Å². The molecule has 3 aromatic heterocycles. The van der Waals surface area contributed by atoms with E-state index < -0.39 is 17.8 Å². The minimum absolute atomic E-state index is 0.0452. The Morgan fingerprint density at radius 2 is 1.93 bits per heavy atom. The number of rotatable bonds is 7. The summed E-state index contributed by atoms with van der Waals surface area (Å²) in [6.45, 7) is 3.31. The molecule has 0 unspecified atom stereocenters. The molecule has 6 rings (SSSR count). The van der Waals surface area contributed by atoms with E-state index in [1.807, 2.05) is 17.7 Å². The topological polar surface area (TPSA) is 179 Å². The number of nitrogens with one attached hydrogen (secondary N) is 3. The lowest BCUT2D eigenvalue weighted by atomic mass is 9.94. The number of methoxy groups -OCH3 is 1. The summed E-state index contributed by atoms with van der Waals surface area (Å²) in [5, 5.41) is 5.69. The third kappa shape index (κ3) is 5.23. The van der Waals surface area contributed by atoms with Gasteiger partial charge in [-0.25, -0.2) is 19.7 Å². The van der Waals surface area contributed by atoms with Crippen LogP contribution in [0.3, 0.4) is 0 Å². The quantitative estimate of drug-likeness (QED) is 0.209. The SMILES string of the molecule is CCCNC(=O)c1ccc(-c2cc3c(cc2C(=O)Nc2ccc4nc(N)[nH]c4c2)-c2nccn2CCO3)c(C(=O)OC)n1. The number of aromatic nitrogens is 5. The number of H-pyrrole nitrogens is 1. The van der Waals surface area contributed by atoms with Crippen molar-refractivity contribution in [2.24, 2.45) is 0 Å². The van der Waals surface area contributed by atoms with E-state index in [1.165, 1.54) is 13.2 Å². The average molecular weight is 581 g/mol. The fourth-order valence-electron chi connectivity index (χ4n) is 4.96. The smallest absolute Gasteiger partial charge is 0.357 e. The number of pyridine rings is 1. The third-order valence-corrected chi connectivity index (χ3v) is 7.00. The second-order valence-electron chi connectivity index (χ2n) is 9.83. The van der Waals surface area contributed by atoms with Crippen molar-refractivity contribution in [3.63, 3.8) is 0 Å². The number of benzene rings is 2. The van der Waals surface area contributed by atoms with E-state index in [2.05, 4.69) is 30.6 Å². The lowest BCUT2D eigenvalue weighted by molar-refractivity contribution is 0.0594. The minimum atomic E-state index is -0.764. The molecule has 5 aromatic rings. The number of esters is 1. The van der Waals surface area contributed by atoms with Crippen molar-refractivity contribution in [1.82, 2.24) is 29.8 Å². The number of anilines is 2. The molecule has 1 aliphatic heterocycles. The Balaban J connectivity index is 1.50. The summed E-state index contributed by atoms with van der Waals surface area (Å²) >= 11 is 0. The van der Waals surface area contributed by atoms with Crippen molar-refractivity contribution in [3.05, 3.63) is 71.8 Å².